The maximum absolute atomic E-state index is 9.18. The Bertz CT molecular complexity index is 1080. The minimum atomic E-state index is -0.191. The summed E-state index contributed by atoms with van der Waals surface area (Å²) in [5.41, 5.74) is 2.93. The molecule has 1 atom stereocenters. The topological polar surface area (TPSA) is 90.7 Å². The van der Waals surface area contributed by atoms with E-state index in [-0.39, 0.29) is 12.6 Å². The Kier molecular flexibility index (Phi) is 6.08. The summed E-state index contributed by atoms with van der Waals surface area (Å²) in [6.07, 6.45) is 3.33. The van der Waals surface area contributed by atoms with Crippen molar-refractivity contribution in [1.82, 2.24) is 14.8 Å². The van der Waals surface area contributed by atoms with Crippen molar-refractivity contribution in [1.29, 1.82) is 0 Å². The molecule has 0 amide bonds. The Morgan fingerprint density at radius 3 is 2.45 bits per heavy atom. The average molecular weight is 422 g/mol. The van der Waals surface area contributed by atoms with E-state index in [1.54, 1.807) is 21.3 Å². The summed E-state index contributed by atoms with van der Waals surface area (Å²) in [6, 6.07) is 13.5. The first kappa shape index (κ1) is 20.7. The summed E-state index contributed by atoms with van der Waals surface area (Å²) in [7, 11) is 4.89. The third kappa shape index (κ3) is 4.20. The maximum atomic E-state index is 9.18. The highest BCUT2D eigenvalue weighted by Crippen LogP contribution is 2.36. The van der Waals surface area contributed by atoms with Crippen LogP contribution in [-0.2, 0) is 6.42 Å². The Balaban J connectivity index is 1.77. The van der Waals surface area contributed by atoms with Crippen LogP contribution in [0.15, 0.2) is 48.5 Å². The number of nitrogens with one attached hydrogen (secondary N) is 1. The van der Waals surface area contributed by atoms with Crippen LogP contribution in [0.5, 0.6) is 17.2 Å². The first-order valence-corrected chi connectivity index (χ1v) is 10.1. The van der Waals surface area contributed by atoms with Crippen molar-refractivity contribution in [2.75, 3.05) is 33.3 Å². The number of anilines is 1. The number of hydrogen-bond donors (Lipinski definition) is 2. The number of aliphatic hydroxyl groups excluding tert-OH is 1. The van der Waals surface area contributed by atoms with Crippen molar-refractivity contribution in [2.24, 2.45) is 0 Å². The lowest BCUT2D eigenvalue weighted by Crippen LogP contribution is -2.20. The van der Waals surface area contributed by atoms with Crippen LogP contribution in [0, 0.1) is 0 Å². The number of aromatic nitrogens is 3. The molecule has 0 fully saturated rings. The van der Waals surface area contributed by atoms with Gasteiger partial charge in [-0.05, 0) is 60.0 Å². The molecule has 2 aromatic carbocycles. The number of rotatable bonds is 8. The van der Waals surface area contributed by atoms with E-state index < -0.39 is 0 Å². The molecule has 1 unspecified atom stereocenters. The van der Waals surface area contributed by atoms with Gasteiger partial charge in [0, 0.05) is 18.7 Å². The number of aliphatic hydroxyl groups is 1. The predicted molar refractivity (Wildman–Crippen MR) is 118 cm³/mol. The summed E-state index contributed by atoms with van der Waals surface area (Å²) in [5.74, 6) is 3.46. The second kappa shape index (κ2) is 9.09. The van der Waals surface area contributed by atoms with Gasteiger partial charge in [0.05, 0.1) is 21.3 Å². The minimum absolute atomic E-state index is 0.103. The summed E-state index contributed by atoms with van der Waals surface area (Å²) in [4.78, 5) is 4.66. The smallest absolute Gasteiger partial charge is 0.226 e. The summed E-state index contributed by atoms with van der Waals surface area (Å²) < 4.78 is 18.0. The van der Waals surface area contributed by atoms with Crippen LogP contribution in [0.2, 0.25) is 0 Å². The first-order valence-electron chi connectivity index (χ1n) is 10.1. The van der Waals surface area contributed by atoms with Gasteiger partial charge < -0.3 is 24.6 Å². The predicted octanol–water partition coefficient (Wildman–Crippen LogP) is 3.28. The molecule has 2 heterocycles. The lowest BCUT2D eigenvalue weighted by molar-refractivity contribution is 0.287. The van der Waals surface area contributed by atoms with Crippen molar-refractivity contribution >= 4 is 11.6 Å². The molecule has 2 N–H and O–H groups in total. The van der Waals surface area contributed by atoms with E-state index in [0.717, 1.165) is 22.6 Å². The highest BCUT2D eigenvalue weighted by atomic mass is 16.5. The van der Waals surface area contributed by atoms with E-state index in [4.69, 9.17) is 19.3 Å². The zero-order valence-electron chi connectivity index (χ0n) is 17.8. The molecule has 0 spiro atoms. The lowest BCUT2D eigenvalue weighted by atomic mass is 10.0. The zero-order valence-corrected chi connectivity index (χ0v) is 17.8. The standard InChI is InChI=1S/C23H26N4O4/c1-29-17-9-6-15(7-10-17)18-14-19(16-8-11-20(30-2)21(13-16)31-3)27-23(24-18)25-22(26-27)5-4-12-28/h6-11,13-14,19,28H,4-5,12H2,1-3H3,(H,24,25,26). The minimum Gasteiger partial charge on any atom is -0.497 e. The number of benzene rings is 2. The summed E-state index contributed by atoms with van der Waals surface area (Å²) >= 11 is 0. The number of nitrogens with zero attached hydrogens (tertiary/aromatic N) is 3. The van der Waals surface area contributed by atoms with Gasteiger partial charge in [0.25, 0.3) is 0 Å². The number of methoxy groups -OCH3 is 3. The van der Waals surface area contributed by atoms with Crippen LogP contribution in [0.3, 0.4) is 0 Å². The van der Waals surface area contributed by atoms with E-state index in [1.807, 2.05) is 47.1 Å². The molecular formula is C23H26N4O4. The molecule has 1 aliphatic heterocycles. The van der Waals surface area contributed by atoms with E-state index >= 15 is 0 Å². The molecule has 4 rings (SSSR count). The highest BCUT2D eigenvalue weighted by Gasteiger charge is 2.26. The molecule has 1 aromatic heterocycles. The summed E-state index contributed by atoms with van der Waals surface area (Å²) in [5, 5.41) is 17.3. The fraction of sp³-hybridized carbons (Fsp3) is 0.304. The molecule has 0 bridgehead atoms. The van der Waals surface area contributed by atoms with Gasteiger partial charge in [-0.25, -0.2) is 4.68 Å². The SMILES string of the molecule is COc1ccc(C2=CC(c3ccc(OC)c(OC)c3)n3nc(CCCO)nc3N2)cc1. The van der Waals surface area contributed by atoms with E-state index in [0.29, 0.717) is 36.1 Å². The van der Waals surface area contributed by atoms with Crippen molar-refractivity contribution < 1.29 is 19.3 Å². The Labute approximate surface area is 181 Å². The van der Waals surface area contributed by atoms with Crippen molar-refractivity contribution in [3.05, 3.63) is 65.5 Å². The molecule has 0 radical (unpaired) electrons. The Morgan fingerprint density at radius 2 is 1.77 bits per heavy atom. The van der Waals surface area contributed by atoms with Gasteiger partial charge in [0.15, 0.2) is 17.3 Å². The Hall–Kier alpha value is -3.52. The van der Waals surface area contributed by atoms with E-state index in [1.165, 1.54) is 0 Å². The van der Waals surface area contributed by atoms with E-state index in [9.17, 15) is 5.11 Å². The quantitative estimate of drug-likeness (QED) is 0.576. The highest BCUT2D eigenvalue weighted by molar-refractivity contribution is 5.77. The zero-order chi connectivity index (χ0) is 21.8. The van der Waals surface area contributed by atoms with Crippen LogP contribution in [0.25, 0.3) is 5.70 Å². The molecular weight excluding hydrogens is 396 g/mol. The molecule has 1 aliphatic rings. The maximum Gasteiger partial charge on any atom is 0.226 e. The monoisotopic (exact) mass is 422 g/mol. The first-order chi connectivity index (χ1) is 15.2. The second-order valence-corrected chi connectivity index (χ2v) is 7.12. The third-order valence-corrected chi connectivity index (χ3v) is 5.22. The van der Waals surface area contributed by atoms with Gasteiger partial charge in [-0.2, -0.15) is 10.1 Å². The number of fused-ring (bicyclic) bond motifs is 1. The summed E-state index contributed by atoms with van der Waals surface area (Å²) in [6.45, 7) is 0.103. The molecule has 0 saturated heterocycles. The number of aryl methyl sites for hydroxylation is 1. The van der Waals surface area contributed by atoms with E-state index in [2.05, 4.69) is 16.4 Å². The average Bonchev–Trinajstić information content (AvgIpc) is 3.24. The number of hydrogen-bond acceptors (Lipinski definition) is 7. The van der Waals surface area contributed by atoms with Gasteiger partial charge in [0.1, 0.15) is 11.8 Å². The van der Waals surface area contributed by atoms with Gasteiger partial charge >= 0.3 is 0 Å². The van der Waals surface area contributed by atoms with Crippen molar-refractivity contribution in [2.45, 2.75) is 18.9 Å². The number of allylic oxidation sites excluding steroid dienone is 1. The van der Waals surface area contributed by atoms with Crippen LogP contribution in [0.1, 0.15) is 29.4 Å². The third-order valence-electron chi connectivity index (χ3n) is 5.22. The molecule has 8 nitrogen and oxygen atoms in total. The van der Waals surface area contributed by atoms with Crippen molar-refractivity contribution in [3.63, 3.8) is 0 Å². The lowest BCUT2D eigenvalue weighted by Gasteiger charge is -2.25. The van der Waals surface area contributed by atoms with Crippen LogP contribution >= 0.6 is 0 Å². The van der Waals surface area contributed by atoms with Gasteiger partial charge in [-0.3, -0.25) is 0 Å². The van der Waals surface area contributed by atoms with Gasteiger partial charge in [-0.15, -0.1) is 0 Å². The largest absolute Gasteiger partial charge is 0.497 e. The number of ether oxygens (including phenoxy) is 3. The fourth-order valence-corrected chi connectivity index (χ4v) is 3.59. The molecule has 0 aliphatic carbocycles. The molecule has 8 heteroatoms. The van der Waals surface area contributed by atoms with Gasteiger partial charge in [0.2, 0.25) is 5.95 Å². The second-order valence-electron chi connectivity index (χ2n) is 7.12. The normalized spacial score (nSPS) is 15.0. The molecule has 162 valence electrons. The van der Waals surface area contributed by atoms with Crippen molar-refractivity contribution in [3.8, 4) is 17.2 Å². The van der Waals surface area contributed by atoms with Crippen LogP contribution in [-0.4, -0.2) is 47.8 Å². The fourth-order valence-electron chi connectivity index (χ4n) is 3.59. The molecule has 3 aromatic rings. The van der Waals surface area contributed by atoms with Crippen LogP contribution < -0.4 is 19.5 Å². The Morgan fingerprint density at radius 1 is 1.00 bits per heavy atom. The molecule has 0 saturated carbocycles. The molecule has 31 heavy (non-hydrogen) atoms. The van der Waals surface area contributed by atoms with Gasteiger partial charge in [-0.1, -0.05) is 6.07 Å². The van der Waals surface area contributed by atoms with Crippen LogP contribution in [0.4, 0.5) is 5.95 Å².